The standard InChI is InChI=1S/C25H18N8OS/c34-25(13-1-2-13)28-16-9-15(10-26-11-16)18-3-4-19-21(29-18)22(33-32-19)24-30-20-17(14-6-8-35-12-14)5-7-27-23(20)31-24/h3-13H,1-2H2,(H,28,34)(H,32,33)(H,27,30,31). The third kappa shape index (κ3) is 3.55. The highest BCUT2D eigenvalue weighted by Gasteiger charge is 2.29. The molecule has 6 aromatic rings. The zero-order valence-corrected chi connectivity index (χ0v) is 19.1. The van der Waals surface area contributed by atoms with Crippen LogP contribution in [0.15, 0.2) is 59.7 Å². The largest absolute Gasteiger partial charge is 0.335 e. The third-order valence-electron chi connectivity index (χ3n) is 6.11. The van der Waals surface area contributed by atoms with Gasteiger partial charge in [0.05, 0.1) is 28.6 Å². The van der Waals surface area contributed by atoms with Crippen molar-refractivity contribution in [3.63, 3.8) is 0 Å². The Balaban J connectivity index is 1.29. The first-order chi connectivity index (χ1) is 17.2. The lowest BCUT2D eigenvalue weighted by atomic mass is 10.1. The van der Waals surface area contributed by atoms with E-state index in [1.54, 1.807) is 29.9 Å². The number of thiophene rings is 1. The number of nitrogens with one attached hydrogen (secondary N) is 3. The minimum absolute atomic E-state index is 0.0461. The summed E-state index contributed by atoms with van der Waals surface area (Å²) in [6.45, 7) is 0. The number of nitrogens with zero attached hydrogens (tertiary/aromatic N) is 5. The van der Waals surface area contributed by atoms with E-state index in [9.17, 15) is 4.79 Å². The number of imidazole rings is 1. The highest BCUT2D eigenvalue weighted by Crippen LogP contribution is 2.33. The van der Waals surface area contributed by atoms with Gasteiger partial charge in [0, 0.05) is 29.4 Å². The minimum atomic E-state index is 0.0461. The van der Waals surface area contributed by atoms with Crippen LogP contribution < -0.4 is 5.32 Å². The second-order valence-corrected chi connectivity index (χ2v) is 9.33. The van der Waals surface area contributed by atoms with Crippen molar-refractivity contribution < 1.29 is 4.79 Å². The second-order valence-electron chi connectivity index (χ2n) is 8.55. The number of rotatable bonds is 5. The molecule has 0 atom stereocenters. The van der Waals surface area contributed by atoms with Crippen LogP contribution in [0, 0.1) is 5.92 Å². The summed E-state index contributed by atoms with van der Waals surface area (Å²) in [5.74, 6) is 0.764. The van der Waals surface area contributed by atoms with E-state index in [1.165, 1.54) is 0 Å². The fourth-order valence-corrected chi connectivity index (χ4v) is 4.80. The van der Waals surface area contributed by atoms with Gasteiger partial charge in [-0.05, 0) is 59.5 Å². The van der Waals surface area contributed by atoms with Gasteiger partial charge >= 0.3 is 0 Å². The summed E-state index contributed by atoms with van der Waals surface area (Å²) in [5.41, 5.74) is 7.93. The maximum Gasteiger partial charge on any atom is 0.227 e. The minimum Gasteiger partial charge on any atom is -0.335 e. The lowest BCUT2D eigenvalue weighted by molar-refractivity contribution is -0.117. The van der Waals surface area contributed by atoms with Gasteiger partial charge in [0.2, 0.25) is 5.91 Å². The molecule has 0 bridgehead atoms. The Morgan fingerprint density at radius 1 is 1.09 bits per heavy atom. The molecule has 35 heavy (non-hydrogen) atoms. The first-order valence-corrected chi connectivity index (χ1v) is 12.2. The van der Waals surface area contributed by atoms with Gasteiger partial charge in [0.25, 0.3) is 0 Å². The molecule has 1 saturated carbocycles. The molecular weight excluding hydrogens is 460 g/mol. The quantitative estimate of drug-likeness (QED) is 0.319. The molecular formula is C25H18N8OS. The van der Waals surface area contributed by atoms with E-state index in [-0.39, 0.29) is 11.8 Å². The van der Waals surface area contributed by atoms with Gasteiger partial charge in [0.1, 0.15) is 5.52 Å². The van der Waals surface area contributed by atoms with E-state index in [0.717, 1.165) is 46.3 Å². The van der Waals surface area contributed by atoms with Crippen LogP contribution in [0.25, 0.3) is 56.1 Å². The second kappa shape index (κ2) is 7.81. The Morgan fingerprint density at radius 2 is 2.03 bits per heavy atom. The van der Waals surface area contributed by atoms with E-state index in [4.69, 9.17) is 9.97 Å². The maximum absolute atomic E-state index is 12.2. The lowest BCUT2D eigenvalue weighted by Gasteiger charge is -2.06. The van der Waals surface area contributed by atoms with E-state index in [0.29, 0.717) is 28.4 Å². The average Bonchev–Trinajstić information content (AvgIpc) is 3.26. The van der Waals surface area contributed by atoms with Crippen molar-refractivity contribution in [2.75, 3.05) is 5.32 Å². The number of aromatic amines is 2. The SMILES string of the molecule is O=C(Nc1cncc(-c2ccc3[nH]nc(-c4nc5nccc(-c6ccsc6)c5[nH]4)c3n2)c1)C1CC1. The van der Waals surface area contributed by atoms with Crippen LogP contribution in [-0.4, -0.2) is 41.0 Å². The summed E-state index contributed by atoms with van der Waals surface area (Å²) < 4.78 is 0. The van der Waals surface area contributed by atoms with E-state index in [1.807, 2.05) is 29.6 Å². The van der Waals surface area contributed by atoms with Crippen LogP contribution >= 0.6 is 11.3 Å². The highest BCUT2D eigenvalue weighted by molar-refractivity contribution is 7.08. The van der Waals surface area contributed by atoms with Crippen molar-refractivity contribution in [1.29, 1.82) is 0 Å². The van der Waals surface area contributed by atoms with E-state index in [2.05, 4.69) is 41.9 Å². The van der Waals surface area contributed by atoms with E-state index >= 15 is 0 Å². The van der Waals surface area contributed by atoms with Gasteiger partial charge in [-0.25, -0.2) is 15.0 Å². The number of pyridine rings is 3. The Morgan fingerprint density at radius 3 is 2.89 bits per heavy atom. The van der Waals surface area contributed by atoms with Gasteiger partial charge in [-0.15, -0.1) is 0 Å². The van der Waals surface area contributed by atoms with Gasteiger partial charge in [-0.2, -0.15) is 16.4 Å². The number of hydrogen-bond acceptors (Lipinski definition) is 7. The number of hydrogen-bond donors (Lipinski definition) is 3. The molecule has 3 N–H and O–H groups in total. The number of fused-ring (bicyclic) bond motifs is 2. The number of H-pyrrole nitrogens is 2. The van der Waals surface area contributed by atoms with Crippen LogP contribution in [0.5, 0.6) is 0 Å². The summed E-state index contributed by atoms with van der Waals surface area (Å²) in [4.78, 5) is 33.9. The Labute approximate surface area is 202 Å². The molecule has 0 radical (unpaired) electrons. The molecule has 9 nitrogen and oxygen atoms in total. The molecule has 1 aliphatic rings. The Hall–Kier alpha value is -4.44. The molecule has 170 valence electrons. The molecule has 7 rings (SSSR count). The monoisotopic (exact) mass is 478 g/mol. The van der Waals surface area contributed by atoms with Crippen molar-refractivity contribution >= 4 is 45.1 Å². The zero-order valence-electron chi connectivity index (χ0n) is 18.3. The fraction of sp³-hybridized carbons (Fsp3) is 0.120. The topological polar surface area (TPSA) is 125 Å². The molecule has 10 heteroatoms. The summed E-state index contributed by atoms with van der Waals surface area (Å²) in [7, 11) is 0. The normalized spacial score (nSPS) is 13.5. The highest BCUT2D eigenvalue weighted by atomic mass is 32.1. The lowest BCUT2D eigenvalue weighted by Crippen LogP contribution is -2.13. The molecule has 0 spiro atoms. The molecule has 0 saturated heterocycles. The van der Waals surface area contributed by atoms with Crippen molar-refractivity contribution in [1.82, 2.24) is 35.1 Å². The smallest absolute Gasteiger partial charge is 0.227 e. The van der Waals surface area contributed by atoms with Crippen LogP contribution in [0.4, 0.5) is 5.69 Å². The number of carbonyl (C=O) groups excluding carboxylic acids is 1. The predicted molar refractivity (Wildman–Crippen MR) is 135 cm³/mol. The zero-order chi connectivity index (χ0) is 23.4. The number of carbonyl (C=O) groups is 1. The van der Waals surface area contributed by atoms with Crippen LogP contribution in [0.2, 0.25) is 0 Å². The van der Waals surface area contributed by atoms with E-state index < -0.39 is 0 Å². The molecule has 1 fully saturated rings. The van der Waals surface area contributed by atoms with Gasteiger partial charge in [-0.3, -0.25) is 14.9 Å². The first kappa shape index (κ1) is 20.0. The summed E-state index contributed by atoms with van der Waals surface area (Å²) >= 11 is 1.65. The number of aromatic nitrogens is 7. The van der Waals surface area contributed by atoms with Crippen molar-refractivity contribution in [3.05, 3.63) is 59.7 Å². The Kier molecular flexibility index (Phi) is 4.46. The molecule has 0 aliphatic heterocycles. The van der Waals surface area contributed by atoms with Gasteiger partial charge in [0.15, 0.2) is 17.2 Å². The first-order valence-electron chi connectivity index (χ1n) is 11.2. The van der Waals surface area contributed by atoms with Crippen molar-refractivity contribution in [2.24, 2.45) is 5.92 Å². The number of amides is 1. The fourth-order valence-electron chi connectivity index (χ4n) is 4.14. The van der Waals surface area contributed by atoms with Crippen molar-refractivity contribution in [2.45, 2.75) is 12.8 Å². The third-order valence-corrected chi connectivity index (χ3v) is 6.79. The van der Waals surface area contributed by atoms with Crippen LogP contribution in [0.3, 0.4) is 0 Å². The molecule has 6 heterocycles. The average molecular weight is 479 g/mol. The van der Waals surface area contributed by atoms with Gasteiger partial charge < -0.3 is 10.3 Å². The number of anilines is 1. The van der Waals surface area contributed by atoms with Gasteiger partial charge in [-0.1, -0.05) is 0 Å². The molecule has 1 aliphatic carbocycles. The summed E-state index contributed by atoms with van der Waals surface area (Å²) in [5, 5.41) is 14.6. The Bertz CT molecular complexity index is 1710. The maximum atomic E-state index is 12.2. The predicted octanol–water partition coefficient (Wildman–Crippen LogP) is 5.04. The van der Waals surface area contributed by atoms with Crippen molar-refractivity contribution in [3.8, 4) is 33.9 Å². The summed E-state index contributed by atoms with van der Waals surface area (Å²) in [6.07, 6.45) is 7.05. The van der Waals surface area contributed by atoms with Crippen LogP contribution in [-0.2, 0) is 4.79 Å². The molecule has 6 aromatic heterocycles. The summed E-state index contributed by atoms with van der Waals surface area (Å²) in [6, 6.07) is 9.78. The molecule has 1 amide bonds. The molecule has 0 unspecified atom stereocenters. The molecule has 0 aromatic carbocycles. The van der Waals surface area contributed by atoms with Crippen LogP contribution in [0.1, 0.15) is 12.8 Å².